The van der Waals surface area contributed by atoms with E-state index in [-0.39, 0.29) is 6.10 Å². The van der Waals surface area contributed by atoms with Crippen LogP contribution in [0, 0.1) is 17.2 Å². The number of hydrogen-bond acceptors (Lipinski definition) is 4. The molecule has 1 saturated carbocycles. The van der Waals surface area contributed by atoms with Gasteiger partial charge in [-0.3, -0.25) is 0 Å². The zero-order valence-corrected chi connectivity index (χ0v) is 19.1. The van der Waals surface area contributed by atoms with Crippen molar-refractivity contribution in [3.8, 4) is 17.5 Å². The SMILES string of the molecule is N#Cc1c(N)c(C2CC(OCc3ccccc3)C2)cn1-c1ccc(OCC2C=CC=CC2)cc1. The topological polar surface area (TPSA) is 73.2 Å². The first-order valence-corrected chi connectivity index (χ1v) is 11.8. The molecule has 3 aromatic rings. The highest BCUT2D eigenvalue weighted by Gasteiger charge is 2.34. The zero-order chi connectivity index (χ0) is 23.3. The molecule has 5 rings (SSSR count). The number of aromatic nitrogens is 1. The highest BCUT2D eigenvalue weighted by molar-refractivity contribution is 5.62. The number of nitriles is 1. The van der Waals surface area contributed by atoms with Crippen LogP contribution < -0.4 is 10.5 Å². The molecule has 2 aliphatic rings. The average molecular weight is 452 g/mol. The average Bonchev–Trinajstić information content (AvgIpc) is 3.19. The monoisotopic (exact) mass is 451 g/mol. The zero-order valence-electron chi connectivity index (χ0n) is 19.1. The van der Waals surface area contributed by atoms with Crippen molar-refractivity contribution in [1.29, 1.82) is 5.26 Å². The number of ether oxygens (including phenoxy) is 2. The quantitative estimate of drug-likeness (QED) is 0.462. The number of allylic oxidation sites excluding steroid dienone is 3. The Kier molecular flexibility index (Phi) is 6.51. The van der Waals surface area contributed by atoms with Gasteiger partial charge in [-0.05, 0) is 60.6 Å². The van der Waals surface area contributed by atoms with Gasteiger partial charge in [0.25, 0.3) is 0 Å². The summed E-state index contributed by atoms with van der Waals surface area (Å²) >= 11 is 0. The summed E-state index contributed by atoms with van der Waals surface area (Å²) < 4.78 is 13.9. The van der Waals surface area contributed by atoms with E-state index in [1.54, 1.807) is 0 Å². The van der Waals surface area contributed by atoms with Gasteiger partial charge >= 0.3 is 0 Å². The van der Waals surface area contributed by atoms with Crippen molar-refractivity contribution in [1.82, 2.24) is 4.57 Å². The summed E-state index contributed by atoms with van der Waals surface area (Å²) in [5.74, 6) is 1.54. The van der Waals surface area contributed by atoms with E-state index in [0.29, 0.717) is 36.4 Å². The van der Waals surface area contributed by atoms with E-state index >= 15 is 0 Å². The number of nitrogens with zero attached hydrogens (tertiary/aromatic N) is 2. The molecule has 1 unspecified atom stereocenters. The van der Waals surface area contributed by atoms with E-state index < -0.39 is 0 Å². The highest BCUT2D eigenvalue weighted by Crippen LogP contribution is 2.43. The van der Waals surface area contributed by atoms with Crippen LogP contribution in [0.3, 0.4) is 0 Å². The van der Waals surface area contributed by atoms with Gasteiger partial charge < -0.3 is 19.8 Å². The van der Waals surface area contributed by atoms with Crippen molar-refractivity contribution < 1.29 is 9.47 Å². The molecule has 0 spiro atoms. The van der Waals surface area contributed by atoms with E-state index in [1.807, 2.05) is 53.2 Å². The Balaban J connectivity index is 1.22. The highest BCUT2D eigenvalue weighted by atomic mass is 16.5. The lowest BCUT2D eigenvalue weighted by molar-refractivity contribution is -0.0205. The summed E-state index contributed by atoms with van der Waals surface area (Å²) in [7, 11) is 0. The standard InChI is InChI=1S/C29H29N3O2/c30-17-28-29(31)27(23-15-26(16-23)34-20-22-9-5-2-6-10-22)18-32(28)24-11-13-25(14-12-24)33-19-21-7-3-1-4-8-21/h1-7,9-14,18,21,23,26H,8,15-16,19-20,31H2. The molecule has 2 N–H and O–H groups in total. The van der Waals surface area contributed by atoms with Crippen molar-refractivity contribution in [3.05, 3.63) is 102 Å². The first-order chi connectivity index (χ1) is 16.7. The van der Waals surface area contributed by atoms with Crippen LogP contribution in [-0.4, -0.2) is 17.3 Å². The van der Waals surface area contributed by atoms with E-state index in [2.05, 4.69) is 42.5 Å². The van der Waals surface area contributed by atoms with Crippen molar-refractivity contribution in [2.75, 3.05) is 12.3 Å². The van der Waals surface area contributed by atoms with Gasteiger partial charge in [-0.25, -0.2) is 0 Å². The molecule has 0 radical (unpaired) electrons. The number of anilines is 1. The van der Waals surface area contributed by atoms with Crippen LogP contribution in [0.5, 0.6) is 5.75 Å². The molecule has 5 nitrogen and oxygen atoms in total. The predicted molar refractivity (Wildman–Crippen MR) is 134 cm³/mol. The summed E-state index contributed by atoms with van der Waals surface area (Å²) in [4.78, 5) is 0. The van der Waals surface area contributed by atoms with E-state index in [0.717, 1.165) is 36.3 Å². The first kappa shape index (κ1) is 22.1. The minimum Gasteiger partial charge on any atom is -0.493 e. The maximum atomic E-state index is 9.78. The van der Waals surface area contributed by atoms with Crippen LogP contribution in [0.1, 0.15) is 42.0 Å². The first-order valence-electron chi connectivity index (χ1n) is 11.8. The van der Waals surface area contributed by atoms with E-state index in [4.69, 9.17) is 15.2 Å². The smallest absolute Gasteiger partial charge is 0.148 e. The Labute approximate surface area is 200 Å². The molecule has 2 aliphatic carbocycles. The summed E-state index contributed by atoms with van der Waals surface area (Å²) in [6, 6.07) is 20.4. The van der Waals surface area contributed by atoms with Crippen LogP contribution in [0.25, 0.3) is 5.69 Å². The number of rotatable bonds is 8. The van der Waals surface area contributed by atoms with Gasteiger partial charge in [-0.2, -0.15) is 5.26 Å². The molecule has 1 atom stereocenters. The van der Waals surface area contributed by atoms with Crippen LogP contribution in [-0.2, 0) is 11.3 Å². The molecule has 172 valence electrons. The molecule has 34 heavy (non-hydrogen) atoms. The molecule has 0 saturated heterocycles. The molecule has 1 heterocycles. The minimum atomic E-state index is 0.226. The van der Waals surface area contributed by atoms with Crippen molar-refractivity contribution >= 4 is 5.69 Å². The lowest BCUT2D eigenvalue weighted by Crippen LogP contribution is -2.29. The predicted octanol–water partition coefficient (Wildman–Crippen LogP) is 5.91. The van der Waals surface area contributed by atoms with Gasteiger partial charge in [0, 0.05) is 17.8 Å². The molecular weight excluding hydrogens is 422 g/mol. The van der Waals surface area contributed by atoms with Crippen LogP contribution >= 0.6 is 0 Å². The molecule has 5 heteroatoms. The number of nitrogens with two attached hydrogens (primary N) is 1. The summed E-state index contributed by atoms with van der Waals surface area (Å²) in [5.41, 5.74) is 10.6. The Morgan fingerprint density at radius 3 is 2.53 bits per heavy atom. The maximum Gasteiger partial charge on any atom is 0.148 e. The van der Waals surface area contributed by atoms with E-state index in [9.17, 15) is 5.26 Å². The molecule has 0 bridgehead atoms. The Morgan fingerprint density at radius 1 is 1.03 bits per heavy atom. The fourth-order valence-electron chi connectivity index (χ4n) is 4.59. The normalized spacial score (nSPS) is 21.1. The van der Waals surface area contributed by atoms with Gasteiger partial charge in [0.05, 0.1) is 25.0 Å². The number of benzene rings is 2. The fraction of sp³-hybridized carbons (Fsp3) is 0.276. The Morgan fingerprint density at radius 2 is 1.82 bits per heavy atom. The van der Waals surface area contributed by atoms with Crippen molar-refractivity contribution in [3.63, 3.8) is 0 Å². The second kappa shape index (κ2) is 10.0. The van der Waals surface area contributed by atoms with Crippen molar-refractivity contribution in [2.24, 2.45) is 5.92 Å². The fourth-order valence-corrected chi connectivity index (χ4v) is 4.59. The molecule has 0 aliphatic heterocycles. The van der Waals surface area contributed by atoms with Crippen LogP contribution in [0.4, 0.5) is 5.69 Å². The number of hydrogen-bond donors (Lipinski definition) is 1. The van der Waals surface area contributed by atoms with Gasteiger partial charge in [0.2, 0.25) is 0 Å². The molecule has 1 fully saturated rings. The van der Waals surface area contributed by atoms with Crippen molar-refractivity contribution in [2.45, 2.75) is 37.9 Å². The molecular formula is C29H29N3O2. The largest absolute Gasteiger partial charge is 0.493 e. The third-order valence-corrected chi connectivity index (χ3v) is 6.69. The second-order valence-corrected chi connectivity index (χ2v) is 9.03. The summed E-state index contributed by atoms with van der Waals surface area (Å²) in [5, 5.41) is 9.78. The molecule has 0 amide bonds. The number of nitrogen functional groups attached to an aromatic ring is 1. The lowest BCUT2D eigenvalue weighted by atomic mass is 9.78. The second-order valence-electron chi connectivity index (χ2n) is 9.03. The Bertz CT molecular complexity index is 1210. The maximum absolute atomic E-state index is 9.78. The van der Waals surface area contributed by atoms with Gasteiger partial charge in [0.15, 0.2) is 0 Å². The third kappa shape index (κ3) is 4.78. The Hall–Kier alpha value is -3.75. The molecule has 2 aromatic carbocycles. The third-order valence-electron chi connectivity index (χ3n) is 6.69. The van der Waals surface area contributed by atoms with E-state index in [1.165, 1.54) is 5.56 Å². The summed E-state index contributed by atoms with van der Waals surface area (Å²) in [6.07, 6.45) is 13.6. The van der Waals surface area contributed by atoms with Crippen LogP contribution in [0.2, 0.25) is 0 Å². The van der Waals surface area contributed by atoms with Gasteiger partial charge in [-0.1, -0.05) is 54.6 Å². The molecule has 1 aromatic heterocycles. The van der Waals surface area contributed by atoms with Gasteiger partial charge in [0.1, 0.15) is 17.5 Å². The summed E-state index contributed by atoms with van der Waals surface area (Å²) in [6.45, 7) is 1.28. The van der Waals surface area contributed by atoms with Gasteiger partial charge in [-0.15, -0.1) is 0 Å². The minimum absolute atomic E-state index is 0.226. The lowest BCUT2D eigenvalue weighted by Gasteiger charge is -2.35. The van der Waals surface area contributed by atoms with Crippen LogP contribution in [0.15, 0.2) is 85.1 Å².